The van der Waals surface area contributed by atoms with E-state index in [1.54, 1.807) is 6.07 Å². The molecule has 0 atom stereocenters. The Kier molecular flexibility index (Phi) is 6.86. The molecule has 0 aliphatic rings. The van der Waals surface area contributed by atoms with Crippen LogP contribution in [0.4, 0.5) is 28.9 Å². The molecule has 0 aliphatic carbocycles. The van der Waals surface area contributed by atoms with Crippen molar-refractivity contribution in [3.05, 3.63) is 69.5 Å². The smallest absolute Gasteiger partial charge is 0.416 e. The summed E-state index contributed by atoms with van der Waals surface area (Å²) in [6.07, 6.45) is -4.97. The lowest BCUT2D eigenvalue weighted by Crippen LogP contribution is -2.21. The third-order valence-corrected chi connectivity index (χ3v) is 3.72. The van der Waals surface area contributed by atoms with Gasteiger partial charge in [-0.1, -0.05) is 18.2 Å². The Morgan fingerprint density at radius 2 is 1.83 bits per heavy atom. The molecule has 7 nitrogen and oxygen atoms in total. The Labute approximate surface area is 161 Å². The van der Waals surface area contributed by atoms with Crippen molar-refractivity contribution in [1.82, 2.24) is 0 Å². The van der Waals surface area contributed by atoms with Crippen LogP contribution in [0.2, 0.25) is 0 Å². The topological polar surface area (TPSA) is 98.5 Å². The summed E-state index contributed by atoms with van der Waals surface area (Å²) < 4.78 is 56.1. The molecule has 154 valence electrons. The summed E-state index contributed by atoms with van der Waals surface area (Å²) in [7, 11) is 0. The van der Waals surface area contributed by atoms with E-state index in [2.05, 4.69) is 0 Å². The van der Waals surface area contributed by atoms with Gasteiger partial charge >= 0.3 is 12.1 Å². The molecule has 2 aromatic rings. The van der Waals surface area contributed by atoms with Crippen molar-refractivity contribution in [3.8, 4) is 0 Å². The number of carbonyl (C=O) groups is 2. The highest BCUT2D eigenvalue weighted by molar-refractivity contribution is 5.94. The zero-order valence-corrected chi connectivity index (χ0v) is 14.7. The third-order valence-electron chi connectivity index (χ3n) is 3.72. The molecule has 0 radical (unpaired) electrons. The van der Waals surface area contributed by atoms with Gasteiger partial charge < -0.3 is 10.1 Å². The van der Waals surface area contributed by atoms with Crippen LogP contribution in [0, 0.1) is 15.9 Å². The van der Waals surface area contributed by atoms with Crippen molar-refractivity contribution in [2.24, 2.45) is 0 Å². The van der Waals surface area contributed by atoms with Crippen molar-refractivity contribution >= 4 is 23.3 Å². The number of nitro groups is 1. The van der Waals surface area contributed by atoms with E-state index >= 15 is 0 Å². The number of nitrogens with zero attached hydrogens (tertiary/aromatic N) is 1. The Bertz CT molecular complexity index is 931. The number of alkyl halides is 3. The highest BCUT2D eigenvalue weighted by Crippen LogP contribution is 2.34. The predicted molar refractivity (Wildman–Crippen MR) is 92.4 cm³/mol. The largest absolute Gasteiger partial charge is 0.456 e. The van der Waals surface area contributed by atoms with Gasteiger partial charge in [0.1, 0.15) is 11.5 Å². The first kappa shape index (κ1) is 21.8. The lowest BCUT2D eigenvalue weighted by molar-refractivity contribution is -0.384. The van der Waals surface area contributed by atoms with Gasteiger partial charge in [-0.3, -0.25) is 19.7 Å². The number of carbonyl (C=O) groups excluding carboxylic acids is 2. The number of hydrogen-bond donors (Lipinski definition) is 1. The number of amides is 1. The van der Waals surface area contributed by atoms with Crippen LogP contribution in [0.15, 0.2) is 42.5 Å². The first-order valence-corrected chi connectivity index (χ1v) is 8.12. The SMILES string of the molecule is O=C(COC(=O)CCc1ccccc1F)Nc1ccc(C(F)(F)F)cc1[N+](=O)[O-]. The molecule has 1 N–H and O–H groups in total. The van der Waals surface area contributed by atoms with Crippen molar-refractivity contribution in [3.63, 3.8) is 0 Å². The molecule has 0 saturated heterocycles. The molecule has 0 heterocycles. The third kappa shape index (κ3) is 6.26. The fourth-order valence-corrected chi connectivity index (χ4v) is 2.31. The molecule has 0 fully saturated rings. The van der Waals surface area contributed by atoms with Crippen LogP contribution in [-0.2, 0) is 26.9 Å². The monoisotopic (exact) mass is 414 g/mol. The van der Waals surface area contributed by atoms with Gasteiger partial charge in [0.05, 0.1) is 10.5 Å². The van der Waals surface area contributed by atoms with E-state index in [9.17, 15) is 37.3 Å². The number of esters is 1. The van der Waals surface area contributed by atoms with Crippen molar-refractivity contribution < 1.29 is 36.8 Å². The van der Waals surface area contributed by atoms with E-state index in [0.29, 0.717) is 6.07 Å². The Morgan fingerprint density at radius 3 is 2.45 bits per heavy atom. The Hall–Kier alpha value is -3.50. The van der Waals surface area contributed by atoms with Crippen LogP contribution in [0.3, 0.4) is 0 Å². The molecule has 1 amide bonds. The average Bonchev–Trinajstić information content (AvgIpc) is 2.65. The number of hydrogen-bond acceptors (Lipinski definition) is 5. The van der Waals surface area contributed by atoms with E-state index in [1.807, 2.05) is 5.32 Å². The molecule has 29 heavy (non-hydrogen) atoms. The van der Waals surface area contributed by atoms with Crippen molar-refractivity contribution in [2.75, 3.05) is 11.9 Å². The molecule has 0 bridgehead atoms. The number of rotatable bonds is 7. The summed E-state index contributed by atoms with van der Waals surface area (Å²) >= 11 is 0. The van der Waals surface area contributed by atoms with Crippen LogP contribution in [0.25, 0.3) is 0 Å². The maximum atomic E-state index is 13.5. The van der Waals surface area contributed by atoms with Gasteiger partial charge in [-0.2, -0.15) is 13.2 Å². The number of benzene rings is 2. The second-order valence-electron chi connectivity index (χ2n) is 5.79. The predicted octanol–water partition coefficient (Wildman–Crippen LogP) is 3.87. The molecule has 0 saturated carbocycles. The summed E-state index contributed by atoms with van der Waals surface area (Å²) in [6, 6.07) is 7.39. The number of ether oxygens (including phenoxy) is 1. The van der Waals surface area contributed by atoms with Gasteiger partial charge in [0.15, 0.2) is 6.61 Å². The zero-order valence-electron chi connectivity index (χ0n) is 14.7. The molecule has 2 aromatic carbocycles. The van der Waals surface area contributed by atoms with E-state index in [1.165, 1.54) is 18.2 Å². The maximum Gasteiger partial charge on any atom is 0.416 e. The number of anilines is 1. The fraction of sp³-hybridized carbons (Fsp3) is 0.222. The van der Waals surface area contributed by atoms with Crippen LogP contribution in [0.1, 0.15) is 17.5 Å². The summed E-state index contributed by atoms with van der Waals surface area (Å²) in [5.41, 5.74) is -2.40. The number of nitrogens with one attached hydrogen (secondary N) is 1. The van der Waals surface area contributed by atoms with Gasteiger partial charge in [0, 0.05) is 12.5 Å². The Morgan fingerprint density at radius 1 is 1.14 bits per heavy atom. The van der Waals surface area contributed by atoms with Crippen molar-refractivity contribution in [1.29, 1.82) is 0 Å². The number of aryl methyl sites for hydroxylation is 1. The highest BCUT2D eigenvalue weighted by Gasteiger charge is 2.33. The average molecular weight is 414 g/mol. The molecule has 0 spiro atoms. The zero-order chi connectivity index (χ0) is 21.6. The second kappa shape index (κ2) is 9.13. The van der Waals surface area contributed by atoms with Crippen LogP contribution in [-0.4, -0.2) is 23.4 Å². The van der Waals surface area contributed by atoms with Gasteiger partial charge in [0.2, 0.25) is 0 Å². The first-order valence-electron chi connectivity index (χ1n) is 8.12. The van der Waals surface area contributed by atoms with Gasteiger partial charge in [0.25, 0.3) is 11.6 Å². The molecule has 11 heteroatoms. The van der Waals surface area contributed by atoms with Gasteiger partial charge in [-0.15, -0.1) is 0 Å². The van der Waals surface area contributed by atoms with E-state index in [4.69, 9.17) is 4.74 Å². The first-order chi connectivity index (χ1) is 13.6. The van der Waals surface area contributed by atoms with Crippen molar-refractivity contribution in [2.45, 2.75) is 19.0 Å². The molecule has 2 rings (SSSR count). The highest BCUT2D eigenvalue weighted by atomic mass is 19.4. The molecular weight excluding hydrogens is 400 g/mol. The summed E-state index contributed by atoms with van der Waals surface area (Å²) in [6.45, 7) is -0.811. The minimum Gasteiger partial charge on any atom is -0.456 e. The maximum absolute atomic E-state index is 13.5. The molecule has 0 aliphatic heterocycles. The molecule has 0 unspecified atom stereocenters. The quantitative estimate of drug-likeness (QED) is 0.321. The summed E-state index contributed by atoms with van der Waals surface area (Å²) in [5, 5.41) is 13.0. The lowest BCUT2D eigenvalue weighted by Gasteiger charge is -2.10. The van der Waals surface area contributed by atoms with Gasteiger partial charge in [-0.25, -0.2) is 4.39 Å². The number of nitro benzene ring substituents is 1. The van der Waals surface area contributed by atoms with Crippen LogP contribution >= 0.6 is 0 Å². The summed E-state index contributed by atoms with van der Waals surface area (Å²) in [4.78, 5) is 33.4. The fourth-order valence-electron chi connectivity index (χ4n) is 2.31. The van der Waals surface area contributed by atoms with E-state index in [-0.39, 0.29) is 24.5 Å². The minimum absolute atomic E-state index is 0.0392. The minimum atomic E-state index is -4.79. The number of halogens is 4. The van der Waals surface area contributed by atoms with Gasteiger partial charge in [-0.05, 0) is 30.2 Å². The normalized spacial score (nSPS) is 11.0. The molecular formula is C18H14F4N2O5. The summed E-state index contributed by atoms with van der Waals surface area (Å²) in [5.74, 6) is -2.29. The van der Waals surface area contributed by atoms with Crippen LogP contribution < -0.4 is 5.32 Å². The standard InChI is InChI=1S/C18H14F4N2O5/c19-13-4-2-1-3-11(13)5-8-17(26)29-10-16(25)23-14-7-6-12(18(20,21)22)9-15(14)24(27)28/h1-4,6-7,9H,5,8,10H2,(H,23,25). The lowest BCUT2D eigenvalue weighted by atomic mass is 10.1. The Balaban J connectivity index is 1.92. The van der Waals surface area contributed by atoms with E-state index in [0.717, 1.165) is 6.07 Å². The van der Waals surface area contributed by atoms with E-state index < -0.39 is 52.3 Å². The molecule has 0 aromatic heterocycles. The second-order valence-corrected chi connectivity index (χ2v) is 5.79. The van der Waals surface area contributed by atoms with Crippen LogP contribution in [0.5, 0.6) is 0 Å².